The van der Waals surface area contributed by atoms with Crippen LogP contribution >= 0.6 is 0 Å². The summed E-state index contributed by atoms with van der Waals surface area (Å²) >= 11 is 0. The molecule has 0 aliphatic carbocycles. The molecule has 0 aromatic heterocycles. The summed E-state index contributed by atoms with van der Waals surface area (Å²) in [5, 5.41) is 17.9. The lowest BCUT2D eigenvalue weighted by molar-refractivity contribution is -0.131. The number of aromatic hydroxyl groups is 1. The van der Waals surface area contributed by atoms with Gasteiger partial charge in [0.25, 0.3) is 5.78 Å². The Bertz CT molecular complexity index is 407. The number of phenolic OH excluding ortho intramolecular Hbond substituents is 1. The van der Waals surface area contributed by atoms with Crippen LogP contribution in [-0.2, 0) is 4.79 Å². The van der Waals surface area contributed by atoms with E-state index in [-0.39, 0.29) is 11.3 Å². The lowest BCUT2D eigenvalue weighted by Gasteiger charge is -2.07. The van der Waals surface area contributed by atoms with E-state index in [9.17, 15) is 14.7 Å². The van der Waals surface area contributed by atoms with Crippen LogP contribution in [0.3, 0.4) is 0 Å². The standard InChI is InChI=1S/C10H10O4/c1-5-3-4-7(11)8(6(5)2)9(12)10(13)14/h3-4,11H,1-2H3,(H,13,14). The fourth-order valence-corrected chi connectivity index (χ4v) is 1.20. The quantitative estimate of drug-likeness (QED) is 0.549. The van der Waals surface area contributed by atoms with Gasteiger partial charge in [0.2, 0.25) is 0 Å². The van der Waals surface area contributed by atoms with E-state index in [1.54, 1.807) is 19.9 Å². The molecule has 0 heterocycles. The summed E-state index contributed by atoms with van der Waals surface area (Å²) in [4.78, 5) is 21.6. The van der Waals surface area contributed by atoms with Gasteiger partial charge in [0.05, 0.1) is 5.56 Å². The third-order valence-electron chi connectivity index (χ3n) is 2.14. The van der Waals surface area contributed by atoms with E-state index < -0.39 is 11.8 Å². The number of hydrogen-bond donors (Lipinski definition) is 2. The van der Waals surface area contributed by atoms with Crippen molar-refractivity contribution in [2.24, 2.45) is 0 Å². The van der Waals surface area contributed by atoms with Gasteiger partial charge < -0.3 is 10.2 Å². The highest BCUT2D eigenvalue weighted by Crippen LogP contribution is 2.23. The SMILES string of the molecule is Cc1ccc(O)c(C(=O)C(=O)O)c1C. The molecule has 4 nitrogen and oxygen atoms in total. The molecule has 0 aliphatic heterocycles. The number of Topliss-reactive ketones (excluding diaryl/α,β-unsaturated/α-hetero) is 1. The van der Waals surface area contributed by atoms with Gasteiger partial charge >= 0.3 is 5.97 Å². The van der Waals surface area contributed by atoms with Crippen LogP contribution in [0, 0.1) is 13.8 Å². The van der Waals surface area contributed by atoms with E-state index in [0.717, 1.165) is 5.56 Å². The summed E-state index contributed by atoms with van der Waals surface area (Å²) in [6, 6.07) is 2.95. The van der Waals surface area contributed by atoms with Crippen molar-refractivity contribution in [3.05, 3.63) is 28.8 Å². The highest BCUT2D eigenvalue weighted by molar-refractivity contribution is 6.40. The first-order chi connectivity index (χ1) is 6.45. The van der Waals surface area contributed by atoms with Crippen LogP contribution in [0.2, 0.25) is 0 Å². The number of benzene rings is 1. The van der Waals surface area contributed by atoms with Crippen LogP contribution in [0.5, 0.6) is 5.75 Å². The van der Waals surface area contributed by atoms with Gasteiger partial charge in [0.1, 0.15) is 5.75 Å². The second-order valence-corrected chi connectivity index (χ2v) is 3.04. The molecule has 0 saturated heterocycles. The Labute approximate surface area is 80.8 Å². The number of aryl methyl sites for hydroxylation is 1. The predicted octanol–water partition coefficient (Wildman–Crippen LogP) is 1.28. The molecule has 2 N–H and O–H groups in total. The fourth-order valence-electron chi connectivity index (χ4n) is 1.20. The molecule has 0 fully saturated rings. The van der Waals surface area contributed by atoms with E-state index >= 15 is 0 Å². The van der Waals surface area contributed by atoms with E-state index in [1.807, 2.05) is 0 Å². The van der Waals surface area contributed by atoms with Gasteiger partial charge in [-0.2, -0.15) is 0 Å². The van der Waals surface area contributed by atoms with Gasteiger partial charge in [-0.1, -0.05) is 6.07 Å². The minimum Gasteiger partial charge on any atom is -0.507 e. The van der Waals surface area contributed by atoms with Gasteiger partial charge in [-0.3, -0.25) is 4.79 Å². The smallest absolute Gasteiger partial charge is 0.377 e. The Balaban J connectivity index is 3.40. The summed E-state index contributed by atoms with van der Waals surface area (Å²) in [5.41, 5.74) is 1.14. The lowest BCUT2D eigenvalue weighted by atomic mass is 9.99. The first-order valence-corrected chi connectivity index (χ1v) is 4.02. The van der Waals surface area contributed by atoms with Crippen molar-refractivity contribution in [3.63, 3.8) is 0 Å². The molecule has 14 heavy (non-hydrogen) atoms. The average Bonchev–Trinajstić information content (AvgIpc) is 2.12. The molecule has 1 rings (SSSR count). The average molecular weight is 194 g/mol. The van der Waals surface area contributed by atoms with Crippen LogP contribution in [0.1, 0.15) is 21.5 Å². The molecule has 0 unspecified atom stereocenters. The molecule has 0 spiro atoms. The van der Waals surface area contributed by atoms with E-state index in [4.69, 9.17) is 5.11 Å². The molecule has 0 amide bonds. The molecular formula is C10H10O4. The van der Waals surface area contributed by atoms with Crippen LogP contribution in [-0.4, -0.2) is 22.0 Å². The Kier molecular flexibility index (Phi) is 2.56. The predicted molar refractivity (Wildman–Crippen MR) is 49.5 cm³/mol. The summed E-state index contributed by atoms with van der Waals surface area (Å²) in [6.07, 6.45) is 0. The maximum Gasteiger partial charge on any atom is 0.377 e. The second-order valence-electron chi connectivity index (χ2n) is 3.04. The van der Waals surface area contributed by atoms with Gasteiger partial charge in [-0.05, 0) is 31.0 Å². The Morgan fingerprint density at radius 1 is 1.21 bits per heavy atom. The zero-order chi connectivity index (χ0) is 10.9. The van der Waals surface area contributed by atoms with Gasteiger partial charge in [-0.15, -0.1) is 0 Å². The normalized spacial score (nSPS) is 9.86. The summed E-state index contributed by atoms with van der Waals surface area (Å²) in [7, 11) is 0. The van der Waals surface area contributed by atoms with Crippen LogP contribution < -0.4 is 0 Å². The molecule has 0 radical (unpaired) electrons. The van der Waals surface area contributed by atoms with Gasteiger partial charge in [-0.25, -0.2) is 4.79 Å². The first-order valence-electron chi connectivity index (χ1n) is 4.02. The highest BCUT2D eigenvalue weighted by Gasteiger charge is 2.21. The number of carboxylic acid groups (broad SMARTS) is 1. The molecule has 74 valence electrons. The number of carbonyl (C=O) groups excluding carboxylic acids is 1. The third-order valence-corrected chi connectivity index (χ3v) is 2.14. The summed E-state index contributed by atoms with van der Waals surface area (Å²) in [5.74, 6) is -2.93. The number of rotatable bonds is 2. The topological polar surface area (TPSA) is 74.6 Å². The molecule has 1 aromatic rings. The van der Waals surface area contributed by atoms with Crippen LogP contribution in [0.4, 0.5) is 0 Å². The number of ketones is 1. The maximum absolute atomic E-state index is 11.2. The Morgan fingerprint density at radius 2 is 1.79 bits per heavy atom. The Hall–Kier alpha value is -1.84. The third kappa shape index (κ3) is 1.59. The van der Waals surface area contributed by atoms with Gasteiger partial charge in [0, 0.05) is 0 Å². The molecule has 0 aliphatic rings. The molecule has 0 saturated carbocycles. The van der Waals surface area contributed by atoms with Gasteiger partial charge in [0.15, 0.2) is 0 Å². The number of aliphatic carboxylic acids is 1. The van der Waals surface area contributed by atoms with Crippen LogP contribution in [0.25, 0.3) is 0 Å². The summed E-state index contributed by atoms with van der Waals surface area (Å²) in [6.45, 7) is 3.35. The number of carbonyl (C=O) groups is 2. The lowest BCUT2D eigenvalue weighted by Crippen LogP contribution is -2.14. The zero-order valence-electron chi connectivity index (χ0n) is 7.87. The number of hydrogen-bond acceptors (Lipinski definition) is 3. The van der Waals surface area contributed by atoms with Crippen molar-refractivity contribution in [2.75, 3.05) is 0 Å². The zero-order valence-corrected chi connectivity index (χ0v) is 7.87. The fraction of sp³-hybridized carbons (Fsp3) is 0.200. The first kappa shape index (κ1) is 10.2. The van der Waals surface area contributed by atoms with Crippen molar-refractivity contribution in [1.82, 2.24) is 0 Å². The van der Waals surface area contributed by atoms with E-state index in [2.05, 4.69) is 0 Å². The Morgan fingerprint density at radius 3 is 2.29 bits per heavy atom. The second kappa shape index (κ2) is 3.49. The van der Waals surface area contributed by atoms with Crippen molar-refractivity contribution >= 4 is 11.8 Å². The largest absolute Gasteiger partial charge is 0.507 e. The van der Waals surface area contributed by atoms with E-state index in [1.165, 1.54) is 6.07 Å². The van der Waals surface area contributed by atoms with Crippen molar-refractivity contribution < 1.29 is 19.8 Å². The molecule has 1 aromatic carbocycles. The maximum atomic E-state index is 11.2. The molecule has 4 heteroatoms. The van der Waals surface area contributed by atoms with Crippen molar-refractivity contribution in [3.8, 4) is 5.75 Å². The minimum atomic E-state index is -1.56. The van der Waals surface area contributed by atoms with Crippen molar-refractivity contribution in [2.45, 2.75) is 13.8 Å². The van der Waals surface area contributed by atoms with Crippen LogP contribution in [0.15, 0.2) is 12.1 Å². The summed E-state index contributed by atoms with van der Waals surface area (Å²) < 4.78 is 0. The minimum absolute atomic E-state index is 0.127. The number of phenols is 1. The van der Waals surface area contributed by atoms with E-state index in [0.29, 0.717) is 5.56 Å². The number of carboxylic acids is 1. The molecular weight excluding hydrogens is 184 g/mol. The monoisotopic (exact) mass is 194 g/mol. The molecule has 0 bridgehead atoms. The molecule has 0 atom stereocenters. The highest BCUT2D eigenvalue weighted by atomic mass is 16.4. The van der Waals surface area contributed by atoms with Crippen molar-refractivity contribution in [1.29, 1.82) is 0 Å².